The van der Waals surface area contributed by atoms with Crippen molar-refractivity contribution < 1.29 is 4.79 Å². The molecule has 3 rings (SSSR count). The molecule has 2 nitrogen and oxygen atoms in total. The molecular weight excluding hydrogens is 218 g/mol. The fourth-order valence-corrected chi connectivity index (χ4v) is 3.98. The topological polar surface area (TPSA) is 20.3 Å². The molecule has 0 N–H and O–H groups in total. The lowest BCUT2D eigenvalue weighted by atomic mass is 9.89. The fourth-order valence-electron chi connectivity index (χ4n) is 2.64. The van der Waals surface area contributed by atoms with Crippen molar-refractivity contribution in [3.05, 3.63) is 35.9 Å². The Labute approximate surface area is 100 Å². The van der Waals surface area contributed by atoms with Crippen LogP contribution in [0.2, 0.25) is 0 Å². The van der Waals surface area contributed by atoms with Crippen LogP contribution in [0, 0.1) is 0 Å². The lowest BCUT2D eigenvalue weighted by Crippen LogP contribution is -2.40. The van der Waals surface area contributed by atoms with Gasteiger partial charge >= 0.3 is 0 Å². The van der Waals surface area contributed by atoms with Crippen LogP contribution in [-0.2, 0) is 4.79 Å². The second-order valence-corrected chi connectivity index (χ2v) is 5.75. The van der Waals surface area contributed by atoms with E-state index in [-0.39, 0.29) is 0 Å². The van der Waals surface area contributed by atoms with Crippen molar-refractivity contribution in [2.24, 2.45) is 0 Å². The van der Waals surface area contributed by atoms with E-state index >= 15 is 0 Å². The molecule has 0 bridgehead atoms. The van der Waals surface area contributed by atoms with E-state index in [0.29, 0.717) is 23.6 Å². The van der Waals surface area contributed by atoms with E-state index in [9.17, 15) is 4.79 Å². The third kappa shape index (κ3) is 1.73. The molecule has 2 heterocycles. The highest BCUT2D eigenvalue weighted by Crippen LogP contribution is 2.39. The van der Waals surface area contributed by atoms with Crippen molar-refractivity contribution in [1.29, 1.82) is 0 Å². The third-order valence-corrected chi connectivity index (χ3v) is 4.74. The summed E-state index contributed by atoms with van der Waals surface area (Å²) in [5, 5.41) is 0.437. The average molecular weight is 233 g/mol. The molecule has 0 aliphatic carbocycles. The predicted molar refractivity (Wildman–Crippen MR) is 66.4 cm³/mol. The zero-order valence-electron chi connectivity index (χ0n) is 9.13. The summed E-state index contributed by atoms with van der Waals surface area (Å²) in [6.07, 6.45) is 1.82. The first-order valence-electron chi connectivity index (χ1n) is 5.80. The van der Waals surface area contributed by atoms with Gasteiger partial charge < -0.3 is 4.90 Å². The van der Waals surface area contributed by atoms with Gasteiger partial charge in [0.05, 0.1) is 5.37 Å². The molecule has 0 saturated carbocycles. The van der Waals surface area contributed by atoms with E-state index in [1.165, 1.54) is 5.56 Å². The van der Waals surface area contributed by atoms with Gasteiger partial charge in [0.15, 0.2) is 0 Å². The van der Waals surface area contributed by atoms with Gasteiger partial charge in [-0.25, -0.2) is 0 Å². The Kier molecular flexibility index (Phi) is 2.64. The minimum atomic E-state index is 0.343. The highest BCUT2D eigenvalue weighted by molar-refractivity contribution is 8.00. The number of hydrogen-bond donors (Lipinski definition) is 0. The number of nitrogens with zero attached hydrogens (tertiary/aromatic N) is 1. The Morgan fingerprint density at radius 1 is 1.25 bits per heavy atom. The summed E-state index contributed by atoms with van der Waals surface area (Å²) in [7, 11) is 0. The smallest absolute Gasteiger partial charge is 0.224 e. The Bertz CT molecular complexity index is 392. The molecule has 3 heteroatoms. The summed E-state index contributed by atoms with van der Waals surface area (Å²) in [4.78, 5) is 14.0. The molecule has 2 fully saturated rings. The molecule has 0 unspecified atom stereocenters. The van der Waals surface area contributed by atoms with Crippen LogP contribution in [-0.4, -0.2) is 28.5 Å². The SMILES string of the molecule is O=C1C[C@@H](c2ccccc2)C[C@@H]2SCCN12. The first-order chi connectivity index (χ1) is 7.84. The van der Waals surface area contributed by atoms with Gasteiger partial charge in [0.1, 0.15) is 0 Å². The van der Waals surface area contributed by atoms with Gasteiger partial charge in [0.2, 0.25) is 5.91 Å². The second kappa shape index (κ2) is 4.13. The number of fused-ring (bicyclic) bond motifs is 1. The quantitative estimate of drug-likeness (QED) is 0.742. The summed E-state index contributed by atoms with van der Waals surface area (Å²) in [6.45, 7) is 0.954. The molecule has 84 valence electrons. The number of rotatable bonds is 1. The molecule has 1 aromatic carbocycles. The van der Waals surface area contributed by atoms with E-state index in [0.717, 1.165) is 18.7 Å². The largest absolute Gasteiger partial charge is 0.330 e. The molecule has 0 spiro atoms. The van der Waals surface area contributed by atoms with Gasteiger partial charge in [-0.05, 0) is 17.9 Å². The van der Waals surface area contributed by atoms with Crippen molar-refractivity contribution in [3.8, 4) is 0 Å². The number of piperidine rings is 1. The number of amides is 1. The maximum absolute atomic E-state index is 12.0. The predicted octanol–water partition coefficient (Wildman–Crippen LogP) is 2.47. The molecular formula is C13H15NOS. The average Bonchev–Trinajstić information content (AvgIpc) is 2.79. The van der Waals surface area contributed by atoms with Crippen LogP contribution in [0.5, 0.6) is 0 Å². The zero-order valence-corrected chi connectivity index (χ0v) is 9.95. The number of thioether (sulfide) groups is 1. The van der Waals surface area contributed by atoms with E-state index < -0.39 is 0 Å². The minimum absolute atomic E-state index is 0.343. The molecule has 0 radical (unpaired) electrons. The van der Waals surface area contributed by atoms with Gasteiger partial charge in [-0.3, -0.25) is 4.79 Å². The summed E-state index contributed by atoms with van der Waals surface area (Å²) >= 11 is 1.93. The van der Waals surface area contributed by atoms with E-state index in [2.05, 4.69) is 29.2 Å². The van der Waals surface area contributed by atoms with Crippen LogP contribution in [0.15, 0.2) is 30.3 Å². The Morgan fingerprint density at radius 2 is 2.06 bits per heavy atom. The fraction of sp³-hybridized carbons (Fsp3) is 0.462. The number of carbonyl (C=O) groups excluding carboxylic acids is 1. The zero-order chi connectivity index (χ0) is 11.0. The summed E-state index contributed by atoms with van der Waals surface area (Å²) in [5.74, 6) is 1.88. The highest BCUT2D eigenvalue weighted by atomic mass is 32.2. The molecule has 2 aliphatic rings. The first kappa shape index (κ1) is 10.2. The number of carbonyl (C=O) groups is 1. The van der Waals surface area contributed by atoms with Crippen molar-refractivity contribution in [1.82, 2.24) is 4.90 Å². The van der Waals surface area contributed by atoms with Crippen LogP contribution in [0.3, 0.4) is 0 Å². The molecule has 2 saturated heterocycles. The van der Waals surface area contributed by atoms with Gasteiger partial charge in [-0.1, -0.05) is 30.3 Å². The van der Waals surface area contributed by atoms with Crippen LogP contribution < -0.4 is 0 Å². The van der Waals surface area contributed by atoms with Gasteiger partial charge in [0, 0.05) is 18.7 Å². The minimum Gasteiger partial charge on any atom is -0.330 e. The van der Waals surface area contributed by atoms with Crippen molar-refractivity contribution >= 4 is 17.7 Å². The van der Waals surface area contributed by atoms with Crippen LogP contribution in [0.4, 0.5) is 0 Å². The van der Waals surface area contributed by atoms with E-state index in [1.807, 2.05) is 17.8 Å². The van der Waals surface area contributed by atoms with Gasteiger partial charge in [0.25, 0.3) is 0 Å². The summed E-state index contributed by atoms with van der Waals surface area (Å²) < 4.78 is 0. The molecule has 16 heavy (non-hydrogen) atoms. The lowest BCUT2D eigenvalue weighted by Gasteiger charge is -2.33. The van der Waals surface area contributed by atoms with Crippen molar-refractivity contribution in [2.45, 2.75) is 24.1 Å². The summed E-state index contributed by atoms with van der Waals surface area (Å²) in [5.41, 5.74) is 1.32. The maximum atomic E-state index is 12.0. The van der Waals surface area contributed by atoms with Crippen LogP contribution in [0.1, 0.15) is 24.3 Å². The van der Waals surface area contributed by atoms with Crippen LogP contribution >= 0.6 is 11.8 Å². The van der Waals surface area contributed by atoms with Crippen molar-refractivity contribution in [3.63, 3.8) is 0 Å². The van der Waals surface area contributed by atoms with Gasteiger partial charge in [-0.2, -0.15) is 0 Å². The summed E-state index contributed by atoms with van der Waals surface area (Å²) in [6, 6.07) is 10.5. The van der Waals surface area contributed by atoms with E-state index in [1.54, 1.807) is 0 Å². The van der Waals surface area contributed by atoms with Crippen molar-refractivity contribution in [2.75, 3.05) is 12.3 Å². The molecule has 2 atom stereocenters. The monoisotopic (exact) mass is 233 g/mol. The molecule has 1 aromatic rings. The Hall–Kier alpha value is -0.960. The number of hydrogen-bond acceptors (Lipinski definition) is 2. The lowest BCUT2D eigenvalue weighted by molar-refractivity contribution is -0.134. The molecule has 1 amide bonds. The standard InChI is InChI=1S/C13H15NOS/c15-12-8-11(10-4-2-1-3-5-10)9-13-14(12)6-7-16-13/h1-5,11,13H,6-9H2/t11-,13+/m1/s1. The molecule has 2 aliphatic heterocycles. The Morgan fingerprint density at radius 3 is 2.88 bits per heavy atom. The maximum Gasteiger partial charge on any atom is 0.224 e. The van der Waals surface area contributed by atoms with Crippen LogP contribution in [0.25, 0.3) is 0 Å². The second-order valence-electron chi connectivity index (χ2n) is 4.46. The normalized spacial score (nSPS) is 29.2. The Balaban J connectivity index is 1.81. The number of benzene rings is 1. The van der Waals surface area contributed by atoms with Gasteiger partial charge in [-0.15, -0.1) is 11.8 Å². The van der Waals surface area contributed by atoms with E-state index in [4.69, 9.17) is 0 Å². The molecule has 0 aromatic heterocycles. The highest BCUT2D eigenvalue weighted by Gasteiger charge is 2.37. The first-order valence-corrected chi connectivity index (χ1v) is 6.85. The third-order valence-electron chi connectivity index (χ3n) is 3.49.